The highest BCUT2D eigenvalue weighted by Gasteiger charge is 2.54. The van der Waals surface area contributed by atoms with E-state index in [9.17, 15) is 4.79 Å². The average molecular weight is 385 g/mol. The van der Waals surface area contributed by atoms with Crippen LogP contribution in [0.2, 0.25) is 0 Å². The molecule has 0 aliphatic heterocycles. The van der Waals surface area contributed by atoms with E-state index in [4.69, 9.17) is 12.2 Å². The van der Waals surface area contributed by atoms with Gasteiger partial charge in [0.2, 0.25) is 0 Å². The van der Waals surface area contributed by atoms with Crippen molar-refractivity contribution in [3.63, 3.8) is 0 Å². The Morgan fingerprint density at radius 3 is 2.37 bits per heavy atom. The van der Waals surface area contributed by atoms with E-state index < -0.39 is 0 Å². The molecule has 5 rings (SSSR count). The predicted molar refractivity (Wildman–Crippen MR) is 115 cm³/mol. The molecule has 1 atom stereocenters. The number of thiocarbonyl (C=S) groups is 1. The molecule has 3 nitrogen and oxygen atoms in total. The van der Waals surface area contributed by atoms with Crippen molar-refractivity contribution in [1.29, 1.82) is 0 Å². The lowest BCUT2D eigenvalue weighted by atomic mass is 9.47. The van der Waals surface area contributed by atoms with E-state index in [1.165, 1.54) is 51.4 Å². The van der Waals surface area contributed by atoms with Crippen LogP contribution in [0.5, 0.6) is 0 Å². The maximum atomic E-state index is 11.6. The molecular weight excluding hydrogens is 352 g/mol. The van der Waals surface area contributed by atoms with Gasteiger partial charge in [0.15, 0.2) is 10.9 Å². The zero-order valence-electron chi connectivity index (χ0n) is 16.6. The van der Waals surface area contributed by atoms with Crippen LogP contribution in [0.1, 0.15) is 75.6 Å². The second-order valence-electron chi connectivity index (χ2n) is 9.36. The Kier molecular flexibility index (Phi) is 5.28. The smallest absolute Gasteiger partial charge is 0.171 e. The van der Waals surface area contributed by atoms with Crippen molar-refractivity contribution in [3.05, 3.63) is 29.8 Å². The number of carbonyl (C=O) groups is 1. The summed E-state index contributed by atoms with van der Waals surface area (Å²) in [5.74, 6) is 2.93. The summed E-state index contributed by atoms with van der Waals surface area (Å²) < 4.78 is 0. The minimum absolute atomic E-state index is 0.0787. The third kappa shape index (κ3) is 3.91. The quantitative estimate of drug-likeness (QED) is 0.497. The van der Waals surface area contributed by atoms with Gasteiger partial charge >= 0.3 is 0 Å². The molecule has 0 saturated heterocycles. The molecule has 4 fully saturated rings. The van der Waals surface area contributed by atoms with Crippen molar-refractivity contribution in [2.45, 2.75) is 71.3 Å². The molecule has 4 saturated carbocycles. The van der Waals surface area contributed by atoms with E-state index in [1.807, 2.05) is 24.3 Å². The van der Waals surface area contributed by atoms with E-state index in [-0.39, 0.29) is 5.78 Å². The van der Waals surface area contributed by atoms with Crippen LogP contribution in [0, 0.1) is 23.2 Å². The Hall–Kier alpha value is -1.42. The fourth-order valence-electron chi connectivity index (χ4n) is 6.57. The van der Waals surface area contributed by atoms with E-state index >= 15 is 0 Å². The van der Waals surface area contributed by atoms with Gasteiger partial charge in [0.25, 0.3) is 0 Å². The predicted octanol–water partition coefficient (Wildman–Crippen LogP) is 5.56. The first-order chi connectivity index (χ1) is 13.0. The highest BCUT2D eigenvalue weighted by atomic mass is 32.1. The largest absolute Gasteiger partial charge is 0.359 e. The summed E-state index contributed by atoms with van der Waals surface area (Å²) in [4.78, 5) is 11.6. The number of anilines is 1. The van der Waals surface area contributed by atoms with Crippen LogP contribution in [0.15, 0.2) is 24.3 Å². The highest BCUT2D eigenvalue weighted by molar-refractivity contribution is 7.80. The molecule has 27 heavy (non-hydrogen) atoms. The maximum Gasteiger partial charge on any atom is 0.171 e. The van der Waals surface area contributed by atoms with Crippen LogP contribution in [-0.4, -0.2) is 16.9 Å². The fourth-order valence-corrected chi connectivity index (χ4v) is 6.83. The van der Waals surface area contributed by atoms with Crippen molar-refractivity contribution in [2.24, 2.45) is 23.2 Å². The number of benzene rings is 1. The number of rotatable bonds is 6. The van der Waals surface area contributed by atoms with Gasteiger partial charge in [-0.2, -0.15) is 0 Å². The van der Waals surface area contributed by atoms with Gasteiger partial charge < -0.3 is 10.6 Å². The Labute approximate surface area is 168 Å². The van der Waals surface area contributed by atoms with Crippen molar-refractivity contribution in [2.75, 3.05) is 5.32 Å². The number of carbonyl (C=O) groups excluding carboxylic acids is 1. The van der Waals surface area contributed by atoms with Crippen LogP contribution < -0.4 is 10.6 Å². The third-order valence-corrected chi connectivity index (χ3v) is 7.45. The topological polar surface area (TPSA) is 41.1 Å². The molecule has 0 heterocycles. The molecule has 0 radical (unpaired) electrons. The first kappa shape index (κ1) is 18.9. The van der Waals surface area contributed by atoms with Gasteiger partial charge in [-0.15, -0.1) is 0 Å². The SMILES string of the molecule is CCCC(NC(=S)Nc1cccc(C(C)=O)c1)C12CC3CC(CC(C3)C1)C2. The molecule has 1 aromatic carbocycles. The molecule has 4 aliphatic carbocycles. The highest BCUT2D eigenvalue weighted by Crippen LogP contribution is 2.61. The first-order valence-electron chi connectivity index (χ1n) is 10.7. The maximum absolute atomic E-state index is 11.6. The van der Waals surface area contributed by atoms with Crippen LogP contribution in [-0.2, 0) is 0 Å². The van der Waals surface area contributed by atoms with Crippen molar-refractivity contribution in [1.82, 2.24) is 5.32 Å². The van der Waals surface area contributed by atoms with Crippen molar-refractivity contribution < 1.29 is 4.79 Å². The standard InChI is InChI=1S/C23H32N2OS/c1-3-5-21(23-12-16-8-17(13-23)10-18(9-16)14-23)25-22(27)24-20-7-4-6-19(11-20)15(2)26/h4,6-7,11,16-18,21H,3,5,8-10,12-14H2,1-2H3,(H2,24,25,27). The second kappa shape index (κ2) is 7.54. The van der Waals surface area contributed by atoms with E-state index in [0.29, 0.717) is 22.1 Å². The van der Waals surface area contributed by atoms with Gasteiger partial charge in [-0.05, 0) is 99.4 Å². The van der Waals surface area contributed by atoms with Gasteiger partial charge in [-0.25, -0.2) is 0 Å². The van der Waals surface area contributed by atoms with Crippen molar-refractivity contribution in [3.8, 4) is 0 Å². The molecule has 146 valence electrons. The zero-order valence-corrected chi connectivity index (χ0v) is 17.4. The molecule has 0 spiro atoms. The molecule has 4 aliphatic rings. The molecular formula is C23H32N2OS. The molecule has 1 aromatic rings. The van der Waals surface area contributed by atoms with Crippen LogP contribution in [0.4, 0.5) is 5.69 Å². The molecule has 4 heteroatoms. The van der Waals surface area contributed by atoms with E-state index in [1.54, 1.807) is 6.92 Å². The Morgan fingerprint density at radius 1 is 1.19 bits per heavy atom. The molecule has 0 amide bonds. The van der Waals surface area contributed by atoms with Gasteiger partial charge in [0.05, 0.1) is 0 Å². The summed E-state index contributed by atoms with van der Waals surface area (Å²) in [5, 5.41) is 7.73. The summed E-state index contributed by atoms with van der Waals surface area (Å²) in [6, 6.07) is 8.08. The number of ketones is 1. The van der Waals surface area contributed by atoms with Crippen LogP contribution in [0.25, 0.3) is 0 Å². The van der Waals surface area contributed by atoms with Gasteiger partial charge in [-0.3, -0.25) is 4.79 Å². The first-order valence-corrected chi connectivity index (χ1v) is 11.1. The minimum Gasteiger partial charge on any atom is -0.359 e. The molecule has 2 N–H and O–H groups in total. The van der Waals surface area contributed by atoms with Crippen LogP contribution >= 0.6 is 12.2 Å². The summed E-state index contributed by atoms with van der Waals surface area (Å²) in [5.41, 5.74) is 2.05. The second-order valence-corrected chi connectivity index (χ2v) is 9.76. The summed E-state index contributed by atoms with van der Waals surface area (Å²) in [6.45, 7) is 3.88. The summed E-state index contributed by atoms with van der Waals surface area (Å²) in [6.07, 6.45) is 10.9. The van der Waals surface area contributed by atoms with E-state index in [2.05, 4.69) is 17.6 Å². The number of nitrogens with one attached hydrogen (secondary N) is 2. The van der Waals surface area contributed by atoms with E-state index in [0.717, 1.165) is 23.4 Å². The molecule has 1 unspecified atom stereocenters. The Morgan fingerprint density at radius 2 is 1.81 bits per heavy atom. The normalized spacial score (nSPS) is 32.1. The average Bonchev–Trinajstić information content (AvgIpc) is 2.60. The summed E-state index contributed by atoms with van der Waals surface area (Å²) >= 11 is 5.68. The molecule has 4 bridgehead atoms. The van der Waals surface area contributed by atoms with Gasteiger partial charge in [0, 0.05) is 17.3 Å². The molecule has 0 aromatic heterocycles. The van der Waals surface area contributed by atoms with Crippen LogP contribution in [0.3, 0.4) is 0 Å². The summed E-state index contributed by atoms with van der Waals surface area (Å²) in [7, 11) is 0. The lowest BCUT2D eigenvalue weighted by Gasteiger charge is -2.59. The number of hydrogen-bond donors (Lipinski definition) is 2. The Balaban J connectivity index is 1.46. The lowest BCUT2D eigenvalue weighted by molar-refractivity contribution is -0.0718. The fraction of sp³-hybridized carbons (Fsp3) is 0.652. The zero-order chi connectivity index (χ0) is 19.0. The Bertz CT molecular complexity index is 694. The van der Waals surface area contributed by atoms with Gasteiger partial charge in [0.1, 0.15) is 0 Å². The number of hydrogen-bond acceptors (Lipinski definition) is 2. The monoisotopic (exact) mass is 384 g/mol. The lowest BCUT2D eigenvalue weighted by Crippen LogP contribution is -2.57. The minimum atomic E-state index is 0.0787. The van der Waals surface area contributed by atoms with Crippen molar-refractivity contribution >= 4 is 28.8 Å². The number of Topliss-reactive ketones (excluding diaryl/α,β-unsaturated/α-hetero) is 1. The van der Waals surface area contributed by atoms with Gasteiger partial charge in [-0.1, -0.05) is 25.5 Å². The third-order valence-electron chi connectivity index (χ3n) is 7.23.